The molecular weight excluding hydrogens is 100 g/mol. The third-order valence-electron chi connectivity index (χ3n) is 1.03. The largest absolute Gasteiger partial charge is 0.373 e. The molecule has 1 heteroatoms. The fourth-order valence-electron chi connectivity index (χ4n) is 0.611. The zero-order chi connectivity index (χ0) is 5.66. The average molecular weight is 110 g/mol. The molecule has 0 amide bonds. The predicted octanol–water partition coefficient (Wildman–Crippen LogP) is 1.52. The summed E-state index contributed by atoms with van der Waals surface area (Å²) in [6, 6.07) is 0. The van der Waals surface area contributed by atoms with Crippen molar-refractivity contribution in [2.75, 3.05) is 13.2 Å². The molecule has 0 unspecified atom stereocenters. The Hall–Kier alpha value is -0.560. The van der Waals surface area contributed by atoms with Crippen LogP contribution < -0.4 is 0 Å². The lowest BCUT2D eigenvalue weighted by molar-refractivity contribution is 0.193. The maximum atomic E-state index is 5.10. The minimum absolute atomic E-state index is 0.768. The molecule has 0 aromatic rings. The van der Waals surface area contributed by atoms with E-state index in [4.69, 9.17) is 4.74 Å². The van der Waals surface area contributed by atoms with E-state index in [1.54, 1.807) is 0 Å². The molecule has 0 aliphatic carbocycles. The van der Waals surface area contributed by atoms with Crippen LogP contribution in [0.25, 0.3) is 0 Å². The summed E-state index contributed by atoms with van der Waals surface area (Å²) in [5.41, 5.74) is 0. The number of ether oxygens (including phenoxy) is 1. The summed E-state index contributed by atoms with van der Waals surface area (Å²) in [5, 5.41) is 0. The van der Waals surface area contributed by atoms with Crippen molar-refractivity contribution in [1.82, 2.24) is 0 Å². The van der Waals surface area contributed by atoms with E-state index in [0.29, 0.717) is 0 Å². The van der Waals surface area contributed by atoms with Gasteiger partial charge >= 0.3 is 0 Å². The van der Waals surface area contributed by atoms with Gasteiger partial charge in [0.15, 0.2) is 0 Å². The smallest absolute Gasteiger partial charge is 0.0651 e. The van der Waals surface area contributed by atoms with E-state index in [-0.39, 0.29) is 0 Å². The minimum atomic E-state index is 0.768. The van der Waals surface area contributed by atoms with Crippen LogP contribution in [0, 0.1) is 0 Å². The molecule has 0 fully saturated rings. The molecule has 1 heterocycles. The third-order valence-corrected chi connectivity index (χ3v) is 1.03. The van der Waals surface area contributed by atoms with E-state index < -0.39 is 0 Å². The normalized spacial score (nSPS) is 28.0. The van der Waals surface area contributed by atoms with E-state index in [1.165, 1.54) is 0 Å². The Morgan fingerprint density at radius 1 is 0.875 bits per heavy atom. The van der Waals surface area contributed by atoms with Crippen molar-refractivity contribution in [2.24, 2.45) is 0 Å². The zero-order valence-electron chi connectivity index (χ0n) is 4.84. The van der Waals surface area contributed by atoms with Crippen molar-refractivity contribution in [3.8, 4) is 0 Å². The van der Waals surface area contributed by atoms with Crippen molar-refractivity contribution in [3.05, 3.63) is 24.3 Å². The van der Waals surface area contributed by atoms with E-state index in [1.807, 2.05) is 12.2 Å². The van der Waals surface area contributed by atoms with Gasteiger partial charge in [0.25, 0.3) is 0 Å². The fraction of sp³-hybridized carbons (Fsp3) is 0.429. The van der Waals surface area contributed by atoms with Gasteiger partial charge in [-0.05, 0) is 6.42 Å². The Morgan fingerprint density at radius 2 is 1.50 bits per heavy atom. The summed E-state index contributed by atoms with van der Waals surface area (Å²) in [6.07, 6.45) is 9.36. The van der Waals surface area contributed by atoms with E-state index in [9.17, 15) is 0 Å². The van der Waals surface area contributed by atoms with Gasteiger partial charge in [-0.3, -0.25) is 0 Å². The highest BCUT2D eigenvalue weighted by Gasteiger charge is 1.81. The maximum absolute atomic E-state index is 5.10. The topological polar surface area (TPSA) is 9.23 Å². The lowest BCUT2D eigenvalue weighted by Crippen LogP contribution is -1.91. The summed E-state index contributed by atoms with van der Waals surface area (Å²) in [6.45, 7) is 1.54. The second kappa shape index (κ2) is 3.44. The second-order valence-corrected chi connectivity index (χ2v) is 1.72. The first kappa shape index (κ1) is 5.57. The zero-order valence-corrected chi connectivity index (χ0v) is 4.84. The molecule has 0 spiro atoms. The van der Waals surface area contributed by atoms with Crippen molar-refractivity contribution in [3.63, 3.8) is 0 Å². The summed E-state index contributed by atoms with van der Waals surface area (Å²) >= 11 is 0. The highest BCUT2D eigenvalue weighted by molar-refractivity contribution is 4.94. The van der Waals surface area contributed by atoms with Crippen LogP contribution >= 0.6 is 0 Å². The number of allylic oxidation sites excluding steroid dienone is 2. The van der Waals surface area contributed by atoms with Crippen molar-refractivity contribution < 1.29 is 4.74 Å². The Bertz CT molecular complexity index is 91.0. The lowest BCUT2D eigenvalue weighted by Gasteiger charge is -1.96. The first-order valence-electron chi connectivity index (χ1n) is 2.88. The summed E-state index contributed by atoms with van der Waals surface area (Å²) in [7, 11) is 0. The average Bonchev–Trinajstić information content (AvgIpc) is 1.62. The van der Waals surface area contributed by atoms with Crippen molar-refractivity contribution in [2.45, 2.75) is 6.42 Å². The van der Waals surface area contributed by atoms with Gasteiger partial charge in [-0.25, -0.2) is 0 Å². The molecule has 0 radical (unpaired) electrons. The molecule has 1 nitrogen and oxygen atoms in total. The first-order chi connectivity index (χ1) is 4.00. The minimum Gasteiger partial charge on any atom is -0.373 e. The molecule has 0 atom stereocenters. The third kappa shape index (κ3) is 1.94. The van der Waals surface area contributed by atoms with E-state index in [0.717, 1.165) is 19.6 Å². The molecule has 44 valence electrons. The molecule has 0 saturated carbocycles. The summed E-state index contributed by atoms with van der Waals surface area (Å²) in [5.74, 6) is 0. The van der Waals surface area contributed by atoms with Crippen LogP contribution in [0.4, 0.5) is 0 Å². The SMILES string of the molecule is C1=C\COC/C=C\C/1. The fourth-order valence-corrected chi connectivity index (χ4v) is 0.611. The van der Waals surface area contributed by atoms with Gasteiger partial charge in [0.1, 0.15) is 0 Å². The Labute approximate surface area is 49.7 Å². The van der Waals surface area contributed by atoms with Crippen molar-refractivity contribution >= 4 is 0 Å². The molecule has 0 saturated heterocycles. The standard InChI is InChI=1S/C7H10O/c1-2-4-6-8-7-5-3-1/h2-5H,1,6-7H2/b4-2-,5-3-. The number of hydrogen-bond acceptors (Lipinski definition) is 1. The molecule has 8 heavy (non-hydrogen) atoms. The van der Waals surface area contributed by atoms with Gasteiger partial charge in [0.2, 0.25) is 0 Å². The Balaban J connectivity index is 2.31. The van der Waals surface area contributed by atoms with E-state index in [2.05, 4.69) is 12.2 Å². The number of rotatable bonds is 0. The van der Waals surface area contributed by atoms with E-state index >= 15 is 0 Å². The van der Waals surface area contributed by atoms with Gasteiger partial charge in [-0.2, -0.15) is 0 Å². The van der Waals surface area contributed by atoms with Gasteiger partial charge in [-0.1, -0.05) is 24.3 Å². The summed E-state index contributed by atoms with van der Waals surface area (Å²) < 4.78 is 5.10. The van der Waals surface area contributed by atoms with Crippen LogP contribution in [0.1, 0.15) is 6.42 Å². The summed E-state index contributed by atoms with van der Waals surface area (Å²) in [4.78, 5) is 0. The van der Waals surface area contributed by atoms with Crippen LogP contribution in [0.5, 0.6) is 0 Å². The van der Waals surface area contributed by atoms with Crippen LogP contribution in [0.2, 0.25) is 0 Å². The highest BCUT2D eigenvalue weighted by Crippen LogP contribution is 1.90. The Morgan fingerprint density at radius 3 is 2.12 bits per heavy atom. The molecule has 1 rings (SSSR count). The van der Waals surface area contributed by atoms with Gasteiger partial charge in [0.05, 0.1) is 13.2 Å². The molecule has 1 aliphatic heterocycles. The first-order valence-corrected chi connectivity index (χ1v) is 2.88. The molecular formula is C7H10O. The van der Waals surface area contributed by atoms with Crippen LogP contribution in [0.15, 0.2) is 24.3 Å². The lowest BCUT2D eigenvalue weighted by atomic mass is 10.3. The highest BCUT2D eigenvalue weighted by atomic mass is 16.5. The molecule has 1 aliphatic rings. The van der Waals surface area contributed by atoms with Crippen LogP contribution in [0.3, 0.4) is 0 Å². The number of hydrogen-bond donors (Lipinski definition) is 0. The molecule has 0 bridgehead atoms. The molecule has 0 N–H and O–H groups in total. The van der Waals surface area contributed by atoms with Gasteiger partial charge in [-0.15, -0.1) is 0 Å². The van der Waals surface area contributed by atoms with Crippen LogP contribution in [-0.4, -0.2) is 13.2 Å². The predicted molar refractivity (Wildman–Crippen MR) is 33.7 cm³/mol. The Kier molecular flexibility index (Phi) is 2.40. The van der Waals surface area contributed by atoms with Crippen molar-refractivity contribution in [1.29, 1.82) is 0 Å². The quantitative estimate of drug-likeness (QED) is 0.429. The maximum Gasteiger partial charge on any atom is 0.0651 e. The second-order valence-electron chi connectivity index (χ2n) is 1.72. The van der Waals surface area contributed by atoms with Gasteiger partial charge < -0.3 is 4.74 Å². The monoisotopic (exact) mass is 110 g/mol. The molecule has 0 aromatic heterocycles. The van der Waals surface area contributed by atoms with Crippen LogP contribution in [-0.2, 0) is 4.74 Å². The van der Waals surface area contributed by atoms with Gasteiger partial charge in [0, 0.05) is 0 Å². The molecule has 0 aromatic carbocycles.